The van der Waals surface area contributed by atoms with Crippen LogP contribution in [0, 0.1) is 24.7 Å². The predicted octanol–water partition coefficient (Wildman–Crippen LogP) is 2.83. The molecule has 0 spiro atoms. The van der Waals surface area contributed by atoms with Crippen LogP contribution in [-0.4, -0.2) is 66.7 Å². The normalized spacial score (nSPS) is 23.9. The van der Waals surface area contributed by atoms with E-state index in [1.165, 1.54) is 0 Å². The number of carbonyl (C=O) groups is 2. The number of nitrogens with zero attached hydrogens (tertiary/aromatic N) is 6. The third-order valence-electron chi connectivity index (χ3n) is 6.77. The number of carbonyl (C=O) groups excluding carboxylic acids is 1. The SMILES string of the molecule is Cc1nc(-c2nnn(C)c2COC(=O)N(C)CC2C[C@H]2C)cnc1O[C@H]1CCC[C@H](C(=O)O)C1. The molecule has 4 atom stereocenters. The highest BCUT2D eigenvalue weighted by atomic mass is 16.6. The summed E-state index contributed by atoms with van der Waals surface area (Å²) in [6, 6.07) is 0. The number of aromatic nitrogens is 5. The van der Waals surface area contributed by atoms with Crippen molar-refractivity contribution >= 4 is 12.1 Å². The number of carboxylic acids is 1. The summed E-state index contributed by atoms with van der Waals surface area (Å²) in [5.74, 6) is 0.425. The first-order chi connectivity index (χ1) is 16.2. The van der Waals surface area contributed by atoms with Crippen molar-refractivity contribution < 1.29 is 24.2 Å². The van der Waals surface area contributed by atoms with Gasteiger partial charge in [0.15, 0.2) is 0 Å². The number of aryl methyl sites for hydroxylation is 2. The molecule has 0 radical (unpaired) electrons. The van der Waals surface area contributed by atoms with Crippen LogP contribution in [0.2, 0.25) is 0 Å². The highest BCUT2D eigenvalue weighted by Crippen LogP contribution is 2.38. The lowest BCUT2D eigenvalue weighted by atomic mass is 9.87. The molecule has 2 saturated carbocycles. The van der Waals surface area contributed by atoms with E-state index in [1.807, 2.05) is 0 Å². The molecule has 0 bridgehead atoms. The number of hydrogen-bond donors (Lipinski definition) is 1. The van der Waals surface area contributed by atoms with Crippen LogP contribution in [-0.2, 0) is 23.2 Å². The second kappa shape index (κ2) is 9.94. The van der Waals surface area contributed by atoms with Gasteiger partial charge in [-0.05, 0) is 50.9 Å². The molecule has 0 aromatic carbocycles. The lowest BCUT2D eigenvalue weighted by molar-refractivity contribution is -0.143. The molecule has 2 aromatic heterocycles. The molecule has 2 aromatic rings. The molecule has 4 rings (SSSR count). The van der Waals surface area contributed by atoms with Gasteiger partial charge < -0.3 is 19.5 Å². The summed E-state index contributed by atoms with van der Waals surface area (Å²) in [5, 5.41) is 17.5. The van der Waals surface area contributed by atoms with Gasteiger partial charge in [0, 0.05) is 20.6 Å². The molecule has 1 N–H and O–H groups in total. The van der Waals surface area contributed by atoms with Crippen molar-refractivity contribution in [2.24, 2.45) is 24.8 Å². The summed E-state index contributed by atoms with van der Waals surface area (Å²) >= 11 is 0. The van der Waals surface area contributed by atoms with Gasteiger partial charge in [-0.2, -0.15) is 0 Å². The van der Waals surface area contributed by atoms with Crippen molar-refractivity contribution in [1.82, 2.24) is 29.9 Å². The molecule has 1 amide bonds. The van der Waals surface area contributed by atoms with Gasteiger partial charge in [-0.25, -0.2) is 19.4 Å². The molecule has 0 saturated heterocycles. The average molecular weight is 473 g/mol. The van der Waals surface area contributed by atoms with Crippen LogP contribution in [0.5, 0.6) is 5.88 Å². The Bertz CT molecular complexity index is 1060. The van der Waals surface area contributed by atoms with Crippen molar-refractivity contribution in [3.63, 3.8) is 0 Å². The smallest absolute Gasteiger partial charge is 0.409 e. The van der Waals surface area contributed by atoms with Gasteiger partial charge in [0.1, 0.15) is 35.5 Å². The summed E-state index contributed by atoms with van der Waals surface area (Å²) < 4.78 is 13.1. The van der Waals surface area contributed by atoms with Crippen LogP contribution in [0.25, 0.3) is 11.4 Å². The van der Waals surface area contributed by atoms with E-state index in [-0.39, 0.29) is 24.7 Å². The summed E-state index contributed by atoms with van der Waals surface area (Å²) in [5.41, 5.74) is 2.16. The first-order valence-corrected chi connectivity index (χ1v) is 11.7. The van der Waals surface area contributed by atoms with Crippen molar-refractivity contribution in [3.8, 4) is 17.3 Å². The van der Waals surface area contributed by atoms with Gasteiger partial charge in [0.05, 0.1) is 12.1 Å². The number of ether oxygens (including phenoxy) is 2. The fourth-order valence-corrected chi connectivity index (χ4v) is 4.39. The molecule has 2 aliphatic carbocycles. The van der Waals surface area contributed by atoms with E-state index in [9.17, 15) is 14.7 Å². The Labute approximate surface area is 198 Å². The van der Waals surface area contributed by atoms with Crippen molar-refractivity contribution in [3.05, 3.63) is 17.6 Å². The molecule has 11 heteroatoms. The zero-order valence-electron chi connectivity index (χ0n) is 20.1. The monoisotopic (exact) mass is 472 g/mol. The highest BCUT2D eigenvalue weighted by molar-refractivity contribution is 5.70. The fourth-order valence-electron chi connectivity index (χ4n) is 4.39. The summed E-state index contributed by atoms with van der Waals surface area (Å²) in [6.45, 7) is 4.67. The van der Waals surface area contributed by atoms with Gasteiger partial charge in [-0.1, -0.05) is 12.1 Å². The number of carboxylic acid groups (broad SMARTS) is 1. The van der Waals surface area contributed by atoms with Crippen molar-refractivity contribution in [2.75, 3.05) is 13.6 Å². The zero-order chi connectivity index (χ0) is 24.4. The molecule has 34 heavy (non-hydrogen) atoms. The minimum absolute atomic E-state index is 0.0137. The molecule has 1 unspecified atom stereocenters. The van der Waals surface area contributed by atoms with E-state index in [0.29, 0.717) is 59.9 Å². The van der Waals surface area contributed by atoms with Crippen LogP contribution >= 0.6 is 0 Å². The third-order valence-corrected chi connectivity index (χ3v) is 6.77. The average Bonchev–Trinajstić information content (AvgIpc) is 3.37. The van der Waals surface area contributed by atoms with E-state index >= 15 is 0 Å². The molecule has 11 nitrogen and oxygen atoms in total. The first-order valence-electron chi connectivity index (χ1n) is 11.7. The minimum atomic E-state index is -0.782. The van der Waals surface area contributed by atoms with Crippen LogP contribution in [0.15, 0.2) is 6.20 Å². The number of aliphatic carboxylic acids is 1. The van der Waals surface area contributed by atoms with E-state index in [4.69, 9.17) is 9.47 Å². The zero-order valence-corrected chi connectivity index (χ0v) is 20.1. The predicted molar refractivity (Wildman–Crippen MR) is 121 cm³/mol. The molecule has 2 fully saturated rings. The number of amides is 1. The molecule has 0 aliphatic heterocycles. The molecule has 2 aliphatic rings. The number of hydrogen-bond acceptors (Lipinski definition) is 8. The highest BCUT2D eigenvalue weighted by Gasteiger charge is 2.34. The second-order valence-electron chi connectivity index (χ2n) is 9.50. The molecule has 2 heterocycles. The number of rotatable bonds is 8. The largest absolute Gasteiger partial charge is 0.481 e. The van der Waals surface area contributed by atoms with Crippen LogP contribution < -0.4 is 4.74 Å². The van der Waals surface area contributed by atoms with Crippen LogP contribution in [0.3, 0.4) is 0 Å². The lowest BCUT2D eigenvalue weighted by Crippen LogP contribution is -2.30. The fraction of sp³-hybridized carbons (Fsp3) is 0.652. The standard InChI is InChI=1S/C23H32N6O5/c1-13-8-16(13)11-28(3)23(32)33-12-19-20(26-27-29(19)4)18-10-24-21(14(2)25-18)34-17-7-5-6-15(9-17)22(30)31/h10,13,15-17H,5-9,11-12H2,1-4H3,(H,30,31)/t13-,15+,16?,17+/m1/s1. The van der Waals surface area contributed by atoms with Gasteiger partial charge in [-0.3, -0.25) is 4.79 Å². The maximum atomic E-state index is 12.4. The minimum Gasteiger partial charge on any atom is -0.481 e. The lowest BCUT2D eigenvalue weighted by Gasteiger charge is -2.27. The Hall–Kier alpha value is -3.24. The van der Waals surface area contributed by atoms with Crippen molar-refractivity contribution in [1.29, 1.82) is 0 Å². The maximum Gasteiger partial charge on any atom is 0.409 e. The van der Waals surface area contributed by atoms with Crippen LogP contribution in [0.4, 0.5) is 4.79 Å². The summed E-state index contributed by atoms with van der Waals surface area (Å²) in [4.78, 5) is 34.3. The third kappa shape index (κ3) is 5.45. The van der Waals surface area contributed by atoms with Gasteiger partial charge in [0.2, 0.25) is 5.88 Å². The second-order valence-corrected chi connectivity index (χ2v) is 9.50. The van der Waals surface area contributed by atoms with E-state index in [2.05, 4.69) is 27.2 Å². The quantitative estimate of drug-likeness (QED) is 0.616. The Morgan fingerprint density at radius 1 is 1.29 bits per heavy atom. The molecular formula is C23H32N6O5. The molecule has 184 valence electrons. The first kappa shape index (κ1) is 23.9. The van der Waals surface area contributed by atoms with Crippen molar-refractivity contribution in [2.45, 2.75) is 58.7 Å². The van der Waals surface area contributed by atoms with E-state index in [0.717, 1.165) is 19.3 Å². The topological polar surface area (TPSA) is 133 Å². The van der Waals surface area contributed by atoms with Gasteiger partial charge in [-0.15, -0.1) is 5.10 Å². The Kier molecular flexibility index (Phi) is 6.99. The van der Waals surface area contributed by atoms with Gasteiger partial charge >= 0.3 is 12.1 Å². The summed E-state index contributed by atoms with van der Waals surface area (Å²) in [6.07, 6.45) is 4.85. The Morgan fingerprint density at radius 2 is 2.06 bits per heavy atom. The maximum absolute atomic E-state index is 12.4. The van der Waals surface area contributed by atoms with E-state index < -0.39 is 5.97 Å². The molecular weight excluding hydrogens is 440 g/mol. The Morgan fingerprint density at radius 3 is 2.74 bits per heavy atom. The summed E-state index contributed by atoms with van der Waals surface area (Å²) in [7, 11) is 3.48. The van der Waals surface area contributed by atoms with E-state index in [1.54, 1.807) is 36.8 Å². The Balaban J connectivity index is 1.41. The van der Waals surface area contributed by atoms with Gasteiger partial charge in [0.25, 0.3) is 0 Å². The van der Waals surface area contributed by atoms with Crippen LogP contribution in [0.1, 0.15) is 50.4 Å².